The fourth-order valence-electron chi connectivity index (χ4n) is 3.78. The van der Waals surface area contributed by atoms with Gasteiger partial charge in [0.25, 0.3) is 5.91 Å². The first-order valence-corrected chi connectivity index (χ1v) is 9.49. The monoisotopic (exact) mass is 404 g/mol. The third kappa shape index (κ3) is 2.95. The second-order valence-corrected chi connectivity index (χ2v) is 6.95. The first-order valence-electron chi connectivity index (χ1n) is 9.49. The minimum absolute atomic E-state index is 0.116. The summed E-state index contributed by atoms with van der Waals surface area (Å²) >= 11 is 0. The molecule has 3 aromatic carbocycles. The van der Waals surface area contributed by atoms with Crippen molar-refractivity contribution in [2.75, 3.05) is 31.2 Å². The molecule has 2 aliphatic rings. The molecule has 2 aliphatic heterocycles. The zero-order chi connectivity index (χ0) is 20.7. The van der Waals surface area contributed by atoms with Gasteiger partial charge in [-0.15, -0.1) is 0 Å². The van der Waals surface area contributed by atoms with Gasteiger partial charge in [-0.1, -0.05) is 12.1 Å². The fraction of sp³-hybridized carbons (Fsp3) is 0.174. The number of anilines is 2. The number of nitrogens with one attached hydrogen (secondary N) is 1. The second-order valence-electron chi connectivity index (χ2n) is 6.95. The Labute approximate surface area is 173 Å². The van der Waals surface area contributed by atoms with Gasteiger partial charge >= 0.3 is 0 Å². The summed E-state index contributed by atoms with van der Waals surface area (Å²) in [6, 6.07) is 18.5. The Hall–Kier alpha value is -3.87. The summed E-state index contributed by atoms with van der Waals surface area (Å²) in [5.74, 6) is 2.44. The first kappa shape index (κ1) is 18.2. The van der Waals surface area contributed by atoms with Gasteiger partial charge in [0.2, 0.25) is 6.79 Å². The number of ether oxygens (including phenoxy) is 4. The van der Waals surface area contributed by atoms with Gasteiger partial charge in [0.1, 0.15) is 17.7 Å². The molecule has 0 fully saturated rings. The minimum Gasteiger partial charge on any atom is -0.497 e. The lowest BCUT2D eigenvalue weighted by Crippen LogP contribution is -2.43. The van der Waals surface area contributed by atoms with Crippen molar-refractivity contribution in [3.05, 3.63) is 71.8 Å². The van der Waals surface area contributed by atoms with E-state index in [1.54, 1.807) is 25.2 Å². The SMILES string of the molecule is COc1cc(OC)cc([C@H]2Nc3ccccc3C(=O)N2c2ccc3c(c2)OCO3)c1. The van der Waals surface area contributed by atoms with Gasteiger partial charge in [0.15, 0.2) is 11.5 Å². The van der Waals surface area contributed by atoms with Gasteiger partial charge in [0.05, 0.1) is 25.5 Å². The van der Waals surface area contributed by atoms with E-state index < -0.39 is 6.17 Å². The lowest BCUT2D eigenvalue weighted by atomic mass is 10.0. The number of para-hydroxylation sites is 1. The number of hydrogen-bond acceptors (Lipinski definition) is 6. The number of amides is 1. The molecule has 0 bridgehead atoms. The summed E-state index contributed by atoms with van der Waals surface area (Å²) in [5, 5.41) is 3.48. The van der Waals surface area contributed by atoms with Crippen LogP contribution in [-0.2, 0) is 0 Å². The standard InChI is InChI=1S/C23H20N2O5/c1-27-16-9-14(10-17(12-16)28-2)22-24-19-6-4-3-5-18(19)23(26)25(22)15-7-8-20-21(11-15)30-13-29-20/h3-12,22,24H,13H2,1-2H3/t22-/m0/s1. The molecule has 7 nitrogen and oxygen atoms in total. The summed E-state index contributed by atoms with van der Waals surface area (Å²) < 4.78 is 21.8. The largest absolute Gasteiger partial charge is 0.497 e. The molecule has 0 saturated heterocycles. The molecule has 3 aromatic rings. The van der Waals surface area contributed by atoms with Gasteiger partial charge in [0, 0.05) is 23.4 Å². The third-order valence-electron chi connectivity index (χ3n) is 5.25. The molecule has 30 heavy (non-hydrogen) atoms. The molecule has 1 atom stereocenters. The molecule has 0 unspecified atom stereocenters. The summed E-state index contributed by atoms with van der Waals surface area (Å²) in [6.07, 6.45) is -0.475. The van der Waals surface area contributed by atoms with Gasteiger partial charge < -0.3 is 24.3 Å². The summed E-state index contributed by atoms with van der Waals surface area (Å²) in [6.45, 7) is 0.171. The Kier molecular flexibility index (Phi) is 4.35. The highest BCUT2D eigenvalue weighted by Crippen LogP contribution is 2.42. The third-order valence-corrected chi connectivity index (χ3v) is 5.25. The molecular formula is C23H20N2O5. The van der Waals surface area contributed by atoms with Crippen LogP contribution < -0.4 is 29.2 Å². The average Bonchev–Trinajstić information content (AvgIpc) is 3.26. The summed E-state index contributed by atoms with van der Waals surface area (Å²) in [4.78, 5) is 15.3. The van der Waals surface area contributed by atoms with Crippen LogP contribution in [0, 0.1) is 0 Å². The number of carbonyl (C=O) groups excluding carboxylic acids is 1. The Morgan fingerprint density at radius 2 is 1.67 bits per heavy atom. The second kappa shape index (κ2) is 7.18. The number of hydrogen-bond donors (Lipinski definition) is 1. The number of carbonyl (C=O) groups is 1. The van der Waals surface area contributed by atoms with E-state index in [0.29, 0.717) is 34.2 Å². The molecule has 2 heterocycles. The van der Waals surface area contributed by atoms with Crippen LogP contribution in [0.25, 0.3) is 0 Å². The summed E-state index contributed by atoms with van der Waals surface area (Å²) in [7, 11) is 3.20. The van der Waals surface area contributed by atoms with Crippen LogP contribution in [-0.4, -0.2) is 26.9 Å². The number of nitrogens with zero attached hydrogens (tertiary/aromatic N) is 1. The van der Waals surface area contributed by atoms with E-state index in [-0.39, 0.29) is 12.7 Å². The average molecular weight is 404 g/mol. The van der Waals surface area contributed by atoms with Crippen molar-refractivity contribution in [3.8, 4) is 23.0 Å². The molecule has 7 heteroatoms. The Morgan fingerprint density at radius 3 is 2.43 bits per heavy atom. The maximum atomic E-state index is 13.6. The van der Waals surface area contributed by atoms with Crippen LogP contribution in [0.5, 0.6) is 23.0 Å². The molecule has 0 saturated carbocycles. The highest BCUT2D eigenvalue weighted by atomic mass is 16.7. The van der Waals surface area contributed by atoms with Crippen molar-refractivity contribution in [3.63, 3.8) is 0 Å². The van der Waals surface area contributed by atoms with Gasteiger partial charge in [-0.25, -0.2) is 0 Å². The number of methoxy groups -OCH3 is 2. The van der Waals surface area contributed by atoms with Crippen LogP contribution in [0.15, 0.2) is 60.7 Å². The van der Waals surface area contributed by atoms with Crippen LogP contribution in [0.2, 0.25) is 0 Å². The Bertz CT molecular complexity index is 1110. The lowest BCUT2D eigenvalue weighted by molar-refractivity contribution is 0.0975. The maximum Gasteiger partial charge on any atom is 0.262 e. The molecule has 1 N–H and O–H groups in total. The topological polar surface area (TPSA) is 69.3 Å². The van der Waals surface area contributed by atoms with Crippen LogP contribution in [0.3, 0.4) is 0 Å². The van der Waals surface area contributed by atoms with E-state index >= 15 is 0 Å². The van der Waals surface area contributed by atoms with Crippen molar-refractivity contribution in [2.24, 2.45) is 0 Å². The zero-order valence-corrected chi connectivity index (χ0v) is 16.5. The molecule has 152 valence electrons. The quantitative estimate of drug-likeness (QED) is 0.703. The van der Waals surface area contributed by atoms with E-state index in [4.69, 9.17) is 18.9 Å². The molecule has 0 aliphatic carbocycles. The van der Waals surface area contributed by atoms with Crippen molar-refractivity contribution in [2.45, 2.75) is 6.17 Å². The smallest absolute Gasteiger partial charge is 0.262 e. The van der Waals surface area contributed by atoms with Crippen LogP contribution in [0.1, 0.15) is 22.1 Å². The minimum atomic E-state index is -0.475. The number of benzene rings is 3. The molecular weight excluding hydrogens is 384 g/mol. The highest BCUT2D eigenvalue weighted by molar-refractivity contribution is 6.12. The van der Waals surface area contributed by atoms with Crippen molar-refractivity contribution >= 4 is 17.3 Å². The Morgan fingerprint density at radius 1 is 0.933 bits per heavy atom. The predicted octanol–water partition coefficient (Wildman–Crippen LogP) is 4.20. The Balaban J connectivity index is 1.66. The molecule has 1 amide bonds. The van der Waals surface area contributed by atoms with Gasteiger partial charge in [-0.3, -0.25) is 9.69 Å². The normalized spacial score (nSPS) is 16.7. The van der Waals surface area contributed by atoms with Crippen LogP contribution >= 0.6 is 0 Å². The molecule has 0 radical (unpaired) electrons. The van der Waals surface area contributed by atoms with E-state index in [1.807, 2.05) is 54.6 Å². The van der Waals surface area contributed by atoms with Gasteiger partial charge in [-0.2, -0.15) is 0 Å². The predicted molar refractivity (Wildman–Crippen MR) is 112 cm³/mol. The van der Waals surface area contributed by atoms with E-state index in [2.05, 4.69) is 5.32 Å². The number of fused-ring (bicyclic) bond motifs is 2. The van der Waals surface area contributed by atoms with E-state index in [0.717, 1.165) is 11.3 Å². The summed E-state index contributed by atoms with van der Waals surface area (Å²) in [5.41, 5.74) is 2.89. The van der Waals surface area contributed by atoms with Crippen molar-refractivity contribution in [1.29, 1.82) is 0 Å². The van der Waals surface area contributed by atoms with Crippen molar-refractivity contribution < 1.29 is 23.7 Å². The van der Waals surface area contributed by atoms with Gasteiger partial charge in [-0.05, 0) is 36.4 Å². The van der Waals surface area contributed by atoms with Crippen molar-refractivity contribution in [1.82, 2.24) is 0 Å². The number of rotatable bonds is 4. The molecule has 0 spiro atoms. The highest BCUT2D eigenvalue weighted by Gasteiger charge is 2.35. The fourth-order valence-corrected chi connectivity index (χ4v) is 3.78. The maximum absolute atomic E-state index is 13.6. The van der Waals surface area contributed by atoms with Crippen LogP contribution in [0.4, 0.5) is 11.4 Å². The van der Waals surface area contributed by atoms with E-state index in [1.165, 1.54) is 0 Å². The first-order chi connectivity index (χ1) is 14.7. The molecule has 5 rings (SSSR count). The molecule has 0 aromatic heterocycles. The zero-order valence-electron chi connectivity index (χ0n) is 16.5. The van der Waals surface area contributed by atoms with E-state index in [9.17, 15) is 4.79 Å². The lowest BCUT2D eigenvalue weighted by Gasteiger charge is -2.38.